The molecule has 23 heavy (non-hydrogen) atoms. The Morgan fingerprint density at radius 1 is 1.30 bits per heavy atom. The molecule has 0 aliphatic carbocycles. The van der Waals surface area contributed by atoms with Gasteiger partial charge < -0.3 is 14.6 Å². The molecule has 0 fully saturated rings. The smallest absolute Gasteiger partial charge is 0.328 e. The lowest BCUT2D eigenvalue weighted by Crippen LogP contribution is -2.01. The number of rotatable bonds is 6. The zero-order valence-corrected chi connectivity index (χ0v) is 13.0. The summed E-state index contributed by atoms with van der Waals surface area (Å²) >= 11 is 5.96. The third-order valence-corrected chi connectivity index (χ3v) is 3.39. The zero-order valence-electron chi connectivity index (χ0n) is 12.3. The monoisotopic (exact) mass is 336 g/mol. The highest BCUT2D eigenvalue weighted by Gasteiger charge is 2.10. The molecule has 0 aromatic heterocycles. The third kappa shape index (κ3) is 4.47. The molecule has 0 aliphatic heterocycles. The Kier molecular flexibility index (Phi) is 5.60. The van der Waals surface area contributed by atoms with Crippen LogP contribution < -0.4 is 9.47 Å². The number of carboxylic acids is 1. The lowest BCUT2D eigenvalue weighted by atomic mass is 10.2. The van der Waals surface area contributed by atoms with Gasteiger partial charge in [0.05, 0.1) is 12.1 Å². The van der Waals surface area contributed by atoms with Gasteiger partial charge in [-0.25, -0.2) is 9.18 Å². The van der Waals surface area contributed by atoms with E-state index in [1.165, 1.54) is 25.3 Å². The van der Waals surface area contributed by atoms with Gasteiger partial charge in [-0.15, -0.1) is 0 Å². The Bertz CT molecular complexity index is 723. The molecule has 0 atom stereocenters. The summed E-state index contributed by atoms with van der Waals surface area (Å²) in [6, 6.07) is 9.31. The van der Waals surface area contributed by atoms with E-state index in [4.69, 9.17) is 26.2 Å². The van der Waals surface area contributed by atoms with Gasteiger partial charge >= 0.3 is 5.97 Å². The van der Waals surface area contributed by atoms with Gasteiger partial charge in [0.2, 0.25) is 0 Å². The Balaban J connectivity index is 2.24. The molecule has 0 amide bonds. The van der Waals surface area contributed by atoms with Crippen LogP contribution in [0, 0.1) is 5.82 Å². The SMILES string of the molecule is COc1ccc(C=CC(=O)O)cc1OCc1c(F)cccc1Cl. The summed E-state index contributed by atoms with van der Waals surface area (Å²) in [5.74, 6) is -0.705. The van der Waals surface area contributed by atoms with Gasteiger partial charge in [-0.2, -0.15) is 0 Å². The number of hydrogen-bond donors (Lipinski definition) is 1. The first-order chi connectivity index (χ1) is 11.0. The van der Waals surface area contributed by atoms with Crippen molar-refractivity contribution in [3.8, 4) is 11.5 Å². The Labute approximate surface area is 137 Å². The third-order valence-electron chi connectivity index (χ3n) is 3.04. The molecule has 0 aliphatic rings. The van der Waals surface area contributed by atoms with Crippen LogP contribution in [0.2, 0.25) is 5.02 Å². The van der Waals surface area contributed by atoms with E-state index in [1.54, 1.807) is 24.3 Å². The average molecular weight is 337 g/mol. The fourth-order valence-corrected chi connectivity index (χ4v) is 2.11. The number of carboxylic acid groups (broad SMARTS) is 1. The lowest BCUT2D eigenvalue weighted by molar-refractivity contribution is -0.131. The normalized spacial score (nSPS) is 10.7. The van der Waals surface area contributed by atoms with Crippen molar-refractivity contribution >= 4 is 23.6 Å². The average Bonchev–Trinajstić information content (AvgIpc) is 2.52. The molecule has 0 unspecified atom stereocenters. The summed E-state index contributed by atoms with van der Waals surface area (Å²) in [5, 5.41) is 8.93. The van der Waals surface area contributed by atoms with Gasteiger partial charge in [0, 0.05) is 11.6 Å². The highest BCUT2D eigenvalue weighted by Crippen LogP contribution is 2.30. The van der Waals surface area contributed by atoms with Crippen LogP contribution in [0.15, 0.2) is 42.5 Å². The maximum atomic E-state index is 13.8. The minimum atomic E-state index is -1.05. The molecule has 0 spiro atoms. The first-order valence-corrected chi connectivity index (χ1v) is 7.04. The molecule has 2 rings (SSSR count). The Hall–Kier alpha value is -2.53. The van der Waals surface area contributed by atoms with E-state index in [1.807, 2.05) is 0 Å². The van der Waals surface area contributed by atoms with Crippen molar-refractivity contribution in [3.63, 3.8) is 0 Å². The van der Waals surface area contributed by atoms with Gasteiger partial charge in [0.15, 0.2) is 11.5 Å². The van der Waals surface area contributed by atoms with E-state index in [-0.39, 0.29) is 17.2 Å². The van der Waals surface area contributed by atoms with Crippen LogP contribution in [-0.4, -0.2) is 18.2 Å². The lowest BCUT2D eigenvalue weighted by Gasteiger charge is -2.12. The highest BCUT2D eigenvalue weighted by molar-refractivity contribution is 6.31. The molecular weight excluding hydrogens is 323 g/mol. The van der Waals surface area contributed by atoms with Crippen molar-refractivity contribution in [1.29, 1.82) is 0 Å². The molecule has 2 aromatic carbocycles. The fourth-order valence-electron chi connectivity index (χ4n) is 1.90. The molecule has 0 saturated carbocycles. The van der Waals surface area contributed by atoms with Gasteiger partial charge in [-0.05, 0) is 35.9 Å². The van der Waals surface area contributed by atoms with E-state index >= 15 is 0 Å². The number of ether oxygens (including phenoxy) is 2. The van der Waals surface area contributed by atoms with Gasteiger partial charge in [-0.3, -0.25) is 0 Å². The molecular formula is C17H14ClFO4. The van der Waals surface area contributed by atoms with Crippen molar-refractivity contribution in [3.05, 3.63) is 64.4 Å². The minimum Gasteiger partial charge on any atom is -0.493 e. The van der Waals surface area contributed by atoms with Gasteiger partial charge in [0.1, 0.15) is 12.4 Å². The number of halogens is 2. The fraction of sp³-hybridized carbons (Fsp3) is 0.118. The predicted octanol–water partition coefficient (Wildman–Crippen LogP) is 4.16. The molecule has 120 valence electrons. The highest BCUT2D eigenvalue weighted by atomic mass is 35.5. The van der Waals surface area contributed by atoms with Crippen LogP contribution in [0.4, 0.5) is 4.39 Å². The summed E-state index contributed by atoms with van der Waals surface area (Å²) in [6.45, 7) is -0.0754. The van der Waals surface area contributed by atoms with E-state index < -0.39 is 11.8 Å². The summed E-state index contributed by atoms with van der Waals surface area (Å²) in [5.41, 5.74) is 0.852. The predicted molar refractivity (Wildman–Crippen MR) is 85.4 cm³/mol. The second kappa shape index (κ2) is 7.65. The molecule has 1 N–H and O–H groups in total. The number of hydrogen-bond acceptors (Lipinski definition) is 3. The second-order valence-electron chi connectivity index (χ2n) is 4.57. The van der Waals surface area contributed by atoms with Gasteiger partial charge in [-0.1, -0.05) is 23.7 Å². The van der Waals surface area contributed by atoms with E-state index in [0.29, 0.717) is 17.1 Å². The van der Waals surface area contributed by atoms with Crippen LogP contribution in [0.25, 0.3) is 6.08 Å². The van der Waals surface area contributed by atoms with E-state index in [9.17, 15) is 9.18 Å². The number of carbonyl (C=O) groups is 1. The quantitative estimate of drug-likeness (QED) is 0.805. The van der Waals surface area contributed by atoms with Crippen LogP contribution in [0.1, 0.15) is 11.1 Å². The van der Waals surface area contributed by atoms with Crippen LogP contribution >= 0.6 is 11.6 Å². The summed E-state index contributed by atoms with van der Waals surface area (Å²) in [4.78, 5) is 10.6. The zero-order chi connectivity index (χ0) is 16.8. The first kappa shape index (κ1) is 16.8. The van der Waals surface area contributed by atoms with Crippen LogP contribution in [0.3, 0.4) is 0 Å². The molecule has 2 aromatic rings. The number of methoxy groups -OCH3 is 1. The molecule has 6 heteroatoms. The van der Waals surface area contributed by atoms with Crippen molar-refractivity contribution in [2.75, 3.05) is 7.11 Å². The second-order valence-corrected chi connectivity index (χ2v) is 4.98. The van der Waals surface area contributed by atoms with E-state index in [2.05, 4.69) is 0 Å². The Morgan fingerprint density at radius 2 is 2.09 bits per heavy atom. The summed E-state index contributed by atoms with van der Waals surface area (Å²) in [7, 11) is 1.48. The molecule has 0 saturated heterocycles. The van der Waals surface area contributed by atoms with Gasteiger partial charge in [0.25, 0.3) is 0 Å². The molecule has 0 heterocycles. The molecule has 0 bridgehead atoms. The van der Waals surface area contributed by atoms with Crippen molar-refractivity contribution in [1.82, 2.24) is 0 Å². The van der Waals surface area contributed by atoms with E-state index in [0.717, 1.165) is 6.08 Å². The maximum Gasteiger partial charge on any atom is 0.328 e. The first-order valence-electron chi connectivity index (χ1n) is 6.66. The van der Waals surface area contributed by atoms with Crippen molar-refractivity contribution in [2.45, 2.75) is 6.61 Å². The van der Waals surface area contributed by atoms with Crippen LogP contribution in [0.5, 0.6) is 11.5 Å². The van der Waals surface area contributed by atoms with Crippen molar-refractivity contribution < 1.29 is 23.8 Å². The number of aliphatic carboxylic acids is 1. The molecule has 4 nitrogen and oxygen atoms in total. The maximum absolute atomic E-state index is 13.8. The molecule has 0 radical (unpaired) electrons. The standard InChI is InChI=1S/C17H14ClFO4/c1-22-15-7-5-11(6-8-17(20)21)9-16(15)23-10-12-13(18)3-2-4-14(12)19/h2-9H,10H2,1H3,(H,20,21). The topological polar surface area (TPSA) is 55.8 Å². The summed E-state index contributed by atoms with van der Waals surface area (Å²) < 4.78 is 24.5. The Morgan fingerprint density at radius 3 is 2.74 bits per heavy atom. The largest absolute Gasteiger partial charge is 0.493 e. The summed E-state index contributed by atoms with van der Waals surface area (Å²) in [6.07, 6.45) is 2.43. The minimum absolute atomic E-state index is 0.0754. The number of benzene rings is 2. The van der Waals surface area contributed by atoms with Crippen LogP contribution in [-0.2, 0) is 11.4 Å². The van der Waals surface area contributed by atoms with Crippen molar-refractivity contribution in [2.24, 2.45) is 0 Å².